The Morgan fingerprint density at radius 3 is 2.62 bits per heavy atom. The van der Waals surface area contributed by atoms with Crippen LogP contribution in [0, 0.1) is 12.7 Å². The highest BCUT2D eigenvalue weighted by Gasteiger charge is 2.32. The lowest BCUT2D eigenvalue weighted by atomic mass is 9.85. The highest BCUT2D eigenvalue weighted by Crippen LogP contribution is 2.41. The van der Waals surface area contributed by atoms with Gasteiger partial charge in [0.15, 0.2) is 0 Å². The molecule has 1 atom stereocenters. The summed E-state index contributed by atoms with van der Waals surface area (Å²) < 4.78 is 19.3. The molecule has 0 saturated carbocycles. The number of rotatable bonds is 2. The minimum Gasteiger partial charge on any atom is -0.492 e. The van der Waals surface area contributed by atoms with Gasteiger partial charge in [0.25, 0.3) is 0 Å². The van der Waals surface area contributed by atoms with Gasteiger partial charge in [0.1, 0.15) is 11.6 Å². The number of fused-ring (bicyclic) bond motifs is 1. The summed E-state index contributed by atoms with van der Waals surface area (Å²) in [6.07, 6.45) is 0. The first kappa shape index (κ1) is 14.4. The number of hydrogen-bond donors (Lipinski definition) is 0. The van der Waals surface area contributed by atoms with E-state index in [1.807, 2.05) is 25.1 Å². The summed E-state index contributed by atoms with van der Waals surface area (Å²) in [6, 6.07) is 10.9. The highest BCUT2D eigenvalue weighted by molar-refractivity contribution is 6.22. The molecule has 0 amide bonds. The molecule has 1 heterocycles. The summed E-state index contributed by atoms with van der Waals surface area (Å²) in [6.45, 7) is 6.85. The van der Waals surface area contributed by atoms with Crippen LogP contribution < -0.4 is 4.74 Å². The van der Waals surface area contributed by atoms with Gasteiger partial charge < -0.3 is 4.74 Å². The van der Waals surface area contributed by atoms with Gasteiger partial charge in [-0.05, 0) is 47.9 Å². The van der Waals surface area contributed by atoms with Gasteiger partial charge in [0.2, 0.25) is 0 Å². The van der Waals surface area contributed by atoms with Crippen molar-refractivity contribution in [2.75, 3.05) is 6.61 Å². The maximum absolute atomic E-state index is 13.6. The van der Waals surface area contributed by atoms with Gasteiger partial charge in [-0.1, -0.05) is 26.0 Å². The Kier molecular flexibility index (Phi) is 3.45. The van der Waals surface area contributed by atoms with E-state index in [2.05, 4.69) is 19.9 Å². The number of halogens is 2. The molecular weight excluding hydrogens is 287 g/mol. The van der Waals surface area contributed by atoms with Crippen molar-refractivity contribution < 1.29 is 9.13 Å². The molecule has 0 aromatic heterocycles. The number of hydrogen-bond acceptors (Lipinski definition) is 1. The van der Waals surface area contributed by atoms with E-state index in [1.54, 1.807) is 0 Å². The van der Waals surface area contributed by atoms with E-state index < -0.39 is 0 Å². The summed E-state index contributed by atoms with van der Waals surface area (Å²) in [5, 5.41) is -0.360. The van der Waals surface area contributed by atoms with Crippen LogP contribution in [0.25, 0.3) is 0 Å². The first-order valence-electron chi connectivity index (χ1n) is 7.05. The Balaban J connectivity index is 2.01. The predicted octanol–water partition coefficient (Wildman–Crippen LogP) is 5.13. The second kappa shape index (κ2) is 5.03. The molecule has 0 saturated heterocycles. The molecular formula is C18H18ClFO. The molecule has 2 aromatic rings. The van der Waals surface area contributed by atoms with Crippen molar-refractivity contribution in [1.82, 2.24) is 0 Å². The van der Waals surface area contributed by atoms with Crippen LogP contribution in [0.15, 0.2) is 36.4 Å². The number of aryl methyl sites for hydroxylation is 1. The van der Waals surface area contributed by atoms with Crippen molar-refractivity contribution in [3.8, 4) is 5.75 Å². The summed E-state index contributed by atoms with van der Waals surface area (Å²) >= 11 is 6.56. The lowest BCUT2D eigenvalue weighted by Gasteiger charge is -2.18. The Morgan fingerprint density at radius 1 is 1.14 bits per heavy atom. The van der Waals surface area contributed by atoms with Crippen LogP contribution >= 0.6 is 11.6 Å². The average molecular weight is 305 g/mol. The topological polar surface area (TPSA) is 9.23 Å². The average Bonchev–Trinajstić information content (AvgIpc) is 2.72. The van der Waals surface area contributed by atoms with Gasteiger partial charge in [-0.2, -0.15) is 0 Å². The molecule has 0 spiro atoms. The third-order valence-corrected chi connectivity index (χ3v) is 4.47. The summed E-state index contributed by atoms with van der Waals surface area (Å²) in [7, 11) is 0. The van der Waals surface area contributed by atoms with Gasteiger partial charge in [0.05, 0.1) is 12.0 Å². The van der Waals surface area contributed by atoms with E-state index in [4.69, 9.17) is 16.3 Å². The molecule has 21 heavy (non-hydrogen) atoms. The van der Waals surface area contributed by atoms with Crippen LogP contribution in [-0.2, 0) is 5.41 Å². The summed E-state index contributed by atoms with van der Waals surface area (Å²) in [5.41, 5.74) is 3.78. The van der Waals surface area contributed by atoms with E-state index in [0.29, 0.717) is 6.61 Å². The van der Waals surface area contributed by atoms with Crippen molar-refractivity contribution in [3.05, 3.63) is 64.5 Å². The maximum Gasteiger partial charge on any atom is 0.123 e. The van der Waals surface area contributed by atoms with Crippen LogP contribution in [0.3, 0.4) is 0 Å². The summed E-state index contributed by atoms with van der Waals surface area (Å²) in [5.74, 6) is 0.670. The van der Waals surface area contributed by atoms with E-state index in [1.165, 1.54) is 17.7 Å². The zero-order valence-corrected chi connectivity index (χ0v) is 13.2. The van der Waals surface area contributed by atoms with Gasteiger partial charge in [-0.3, -0.25) is 0 Å². The minimum absolute atomic E-state index is 0.0141. The van der Waals surface area contributed by atoms with Crippen LogP contribution in [0.1, 0.15) is 41.5 Å². The lowest BCUT2D eigenvalue weighted by Crippen LogP contribution is -2.18. The Labute approximate surface area is 129 Å². The molecule has 0 bridgehead atoms. The van der Waals surface area contributed by atoms with Gasteiger partial charge >= 0.3 is 0 Å². The van der Waals surface area contributed by atoms with E-state index in [0.717, 1.165) is 22.4 Å². The van der Waals surface area contributed by atoms with Crippen molar-refractivity contribution in [3.63, 3.8) is 0 Å². The van der Waals surface area contributed by atoms with Crippen LogP contribution in [0.5, 0.6) is 5.75 Å². The van der Waals surface area contributed by atoms with E-state index >= 15 is 0 Å². The molecule has 0 N–H and O–H groups in total. The molecule has 3 heteroatoms. The molecule has 0 radical (unpaired) electrons. The Hall–Kier alpha value is -1.54. The quantitative estimate of drug-likeness (QED) is 0.699. The molecule has 1 aliphatic heterocycles. The maximum atomic E-state index is 13.6. The van der Waals surface area contributed by atoms with E-state index in [-0.39, 0.29) is 16.6 Å². The molecule has 1 aliphatic rings. The number of ether oxygens (including phenoxy) is 1. The van der Waals surface area contributed by atoms with Gasteiger partial charge in [0, 0.05) is 11.0 Å². The predicted molar refractivity (Wildman–Crippen MR) is 83.8 cm³/mol. The molecule has 0 fully saturated rings. The lowest BCUT2D eigenvalue weighted by molar-refractivity contribution is 0.291. The van der Waals surface area contributed by atoms with E-state index in [9.17, 15) is 4.39 Å². The Morgan fingerprint density at radius 2 is 1.90 bits per heavy atom. The summed E-state index contributed by atoms with van der Waals surface area (Å²) in [4.78, 5) is 0. The standard InChI is InChI=1S/C18H18ClFO/c1-11-6-13(8-14(20)7-11)17(19)12-4-5-16-15(9-12)18(2,3)10-21-16/h4-9,17H,10H2,1-3H3. The fourth-order valence-corrected chi connectivity index (χ4v) is 3.06. The molecule has 110 valence electrons. The zero-order chi connectivity index (χ0) is 15.2. The number of alkyl halides is 1. The minimum atomic E-state index is -0.360. The third kappa shape index (κ3) is 2.65. The van der Waals surface area contributed by atoms with Crippen molar-refractivity contribution in [2.45, 2.75) is 31.6 Å². The third-order valence-electron chi connectivity index (χ3n) is 3.97. The molecule has 1 nitrogen and oxygen atoms in total. The SMILES string of the molecule is Cc1cc(F)cc(C(Cl)c2ccc3c(c2)C(C)(C)CO3)c1. The fraction of sp³-hybridized carbons (Fsp3) is 0.333. The second-order valence-electron chi connectivity index (χ2n) is 6.35. The monoisotopic (exact) mass is 304 g/mol. The highest BCUT2D eigenvalue weighted by atomic mass is 35.5. The molecule has 3 rings (SSSR count). The smallest absolute Gasteiger partial charge is 0.123 e. The zero-order valence-electron chi connectivity index (χ0n) is 12.4. The first-order valence-corrected chi connectivity index (χ1v) is 7.49. The normalized spacial score (nSPS) is 17.2. The first-order chi connectivity index (χ1) is 9.87. The van der Waals surface area contributed by atoms with Crippen LogP contribution in [-0.4, -0.2) is 6.61 Å². The van der Waals surface area contributed by atoms with Crippen LogP contribution in [0.4, 0.5) is 4.39 Å². The van der Waals surface area contributed by atoms with Gasteiger partial charge in [-0.25, -0.2) is 4.39 Å². The second-order valence-corrected chi connectivity index (χ2v) is 6.79. The molecule has 2 aromatic carbocycles. The molecule has 0 aliphatic carbocycles. The van der Waals surface area contributed by atoms with Crippen LogP contribution in [0.2, 0.25) is 0 Å². The Bertz CT molecular complexity index is 673. The van der Waals surface area contributed by atoms with Crippen molar-refractivity contribution in [1.29, 1.82) is 0 Å². The number of benzene rings is 2. The largest absolute Gasteiger partial charge is 0.492 e. The van der Waals surface area contributed by atoms with Crippen molar-refractivity contribution >= 4 is 11.6 Å². The van der Waals surface area contributed by atoms with Crippen molar-refractivity contribution in [2.24, 2.45) is 0 Å². The fourth-order valence-electron chi connectivity index (χ4n) is 2.80. The molecule has 1 unspecified atom stereocenters. The van der Waals surface area contributed by atoms with Gasteiger partial charge in [-0.15, -0.1) is 11.6 Å².